The molecule has 1 aromatic carbocycles. The second kappa shape index (κ2) is 6.13. The van der Waals surface area contributed by atoms with Crippen LogP contribution < -0.4 is 10.1 Å². The highest BCUT2D eigenvalue weighted by atomic mass is 35.5. The van der Waals surface area contributed by atoms with Gasteiger partial charge in [0.1, 0.15) is 12.3 Å². The first-order chi connectivity index (χ1) is 9.51. The molecule has 1 fully saturated rings. The average molecular weight is 297 g/mol. The maximum Gasteiger partial charge on any atom is 0.244 e. The third kappa shape index (κ3) is 3.63. The molecule has 2 rings (SSSR count). The van der Waals surface area contributed by atoms with E-state index in [-0.39, 0.29) is 24.4 Å². The molecule has 1 aliphatic rings. The Kier molecular flexibility index (Phi) is 4.49. The number of methoxy groups -OCH3 is 1. The molecule has 1 saturated carbocycles. The van der Waals surface area contributed by atoms with Crippen molar-refractivity contribution in [2.24, 2.45) is 0 Å². The molecule has 6 heteroatoms. The quantitative estimate of drug-likeness (QED) is 0.907. The monoisotopic (exact) mass is 296 g/mol. The van der Waals surface area contributed by atoms with E-state index in [1.165, 1.54) is 14.0 Å². The predicted octanol–water partition coefficient (Wildman–Crippen LogP) is 2.30. The number of halogens is 1. The van der Waals surface area contributed by atoms with Crippen molar-refractivity contribution < 1.29 is 14.3 Å². The summed E-state index contributed by atoms with van der Waals surface area (Å²) in [4.78, 5) is 25.1. The Morgan fingerprint density at radius 3 is 2.70 bits per heavy atom. The zero-order valence-corrected chi connectivity index (χ0v) is 12.2. The van der Waals surface area contributed by atoms with Crippen LogP contribution in [0.4, 0.5) is 5.69 Å². The molecule has 1 N–H and O–H groups in total. The van der Waals surface area contributed by atoms with E-state index in [4.69, 9.17) is 16.3 Å². The Morgan fingerprint density at radius 1 is 1.45 bits per heavy atom. The van der Waals surface area contributed by atoms with E-state index in [1.54, 1.807) is 23.1 Å². The van der Waals surface area contributed by atoms with Gasteiger partial charge in [-0.05, 0) is 31.0 Å². The lowest BCUT2D eigenvalue weighted by atomic mass is 10.3. The van der Waals surface area contributed by atoms with Crippen LogP contribution in [0.5, 0.6) is 5.75 Å². The van der Waals surface area contributed by atoms with Crippen LogP contribution in [0.15, 0.2) is 18.2 Å². The minimum absolute atomic E-state index is 0.0513. The van der Waals surface area contributed by atoms with Gasteiger partial charge in [-0.1, -0.05) is 11.6 Å². The van der Waals surface area contributed by atoms with Gasteiger partial charge in [-0.3, -0.25) is 9.59 Å². The molecule has 2 amide bonds. The largest absolute Gasteiger partial charge is 0.495 e. The van der Waals surface area contributed by atoms with Crippen molar-refractivity contribution in [3.8, 4) is 5.75 Å². The molecule has 1 aromatic rings. The number of carbonyl (C=O) groups is 2. The topological polar surface area (TPSA) is 58.6 Å². The second-order valence-corrected chi connectivity index (χ2v) is 5.21. The minimum Gasteiger partial charge on any atom is -0.495 e. The molecule has 0 aromatic heterocycles. The number of rotatable bonds is 5. The molecule has 1 aliphatic carbocycles. The summed E-state index contributed by atoms with van der Waals surface area (Å²) in [6, 6.07) is 5.19. The fraction of sp³-hybridized carbons (Fsp3) is 0.429. The van der Waals surface area contributed by atoms with Crippen LogP contribution in [-0.2, 0) is 9.59 Å². The molecule has 0 bridgehead atoms. The zero-order chi connectivity index (χ0) is 14.7. The van der Waals surface area contributed by atoms with Crippen LogP contribution >= 0.6 is 11.6 Å². The number of carbonyl (C=O) groups excluding carboxylic acids is 2. The van der Waals surface area contributed by atoms with Gasteiger partial charge >= 0.3 is 0 Å². The zero-order valence-electron chi connectivity index (χ0n) is 11.5. The van der Waals surface area contributed by atoms with Crippen LogP contribution in [-0.4, -0.2) is 36.4 Å². The first-order valence-electron chi connectivity index (χ1n) is 6.42. The van der Waals surface area contributed by atoms with Crippen LogP contribution in [0.2, 0.25) is 5.02 Å². The van der Waals surface area contributed by atoms with Crippen molar-refractivity contribution in [2.75, 3.05) is 19.0 Å². The van der Waals surface area contributed by atoms with Crippen molar-refractivity contribution in [2.45, 2.75) is 25.8 Å². The maximum atomic E-state index is 12.0. The summed E-state index contributed by atoms with van der Waals surface area (Å²) in [5.74, 6) is 0.192. The van der Waals surface area contributed by atoms with E-state index in [1.807, 2.05) is 0 Å². The summed E-state index contributed by atoms with van der Waals surface area (Å²) >= 11 is 5.90. The fourth-order valence-corrected chi connectivity index (χ4v) is 2.18. The Bertz CT molecular complexity index is 529. The standard InChI is InChI=1S/C14H17ClN2O3/c1-9(18)17(11-4-5-11)8-14(19)16-12-7-10(15)3-6-13(12)20-2/h3,6-7,11H,4-5,8H2,1-2H3,(H,16,19). The number of anilines is 1. The molecule has 0 radical (unpaired) electrons. The summed E-state index contributed by atoms with van der Waals surface area (Å²) in [7, 11) is 1.52. The highest BCUT2D eigenvalue weighted by Gasteiger charge is 2.32. The van der Waals surface area contributed by atoms with Crippen molar-refractivity contribution in [3.05, 3.63) is 23.2 Å². The van der Waals surface area contributed by atoms with Gasteiger partial charge in [-0.25, -0.2) is 0 Å². The molecular weight excluding hydrogens is 280 g/mol. The van der Waals surface area contributed by atoms with Crippen LogP contribution in [0.1, 0.15) is 19.8 Å². The maximum absolute atomic E-state index is 12.0. The van der Waals surface area contributed by atoms with E-state index < -0.39 is 0 Å². The van der Waals surface area contributed by atoms with Crippen molar-refractivity contribution in [1.82, 2.24) is 4.90 Å². The van der Waals surface area contributed by atoms with E-state index >= 15 is 0 Å². The molecule has 0 spiro atoms. The number of hydrogen-bond donors (Lipinski definition) is 1. The predicted molar refractivity (Wildman–Crippen MR) is 77.0 cm³/mol. The number of ether oxygens (including phenoxy) is 1. The third-order valence-corrected chi connectivity index (χ3v) is 3.38. The van der Waals surface area contributed by atoms with Gasteiger partial charge in [-0.15, -0.1) is 0 Å². The van der Waals surface area contributed by atoms with E-state index in [0.29, 0.717) is 16.5 Å². The molecule has 0 saturated heterocycles. The second-order valence-electron chi connectivity index (χ2n) is 4.77. The van der Waals surface area contributed by atoms with Crippen molar-refractivity contribution >= 4 is 29.1 Å². The molecular formula is C14H17ClN2O3. The molecule has 0 unspecified atom stereocenters. The van der Waals surface area contributed by atoms with Gasteiger partial charge < -0.3 is 15.0 Å². The van der Waals surface area contributed by atoms with Crippen molar-refractivity contribution in [3.63, 3.8) is 0 Å². The fourth-order valence-electron chi connectivity index (χ4n) is 2.01. The molecule has 0 aliphatic heterocycles. The minimum atomic E-state index is -0.257. The van der Waals surface area contributed by atoms with Gasteiger partial charge in [-0.2, -0.15) is 0 Å². The van der Waals surface area contributed by atoms with Crippen LogP contribution in [0.25, 0.3) is 0 Å². The van der Waals surface area contributed by atoms with Crippen molar-refractivity contribution in [1.29, 1.82) is 0 Å². The number of amides is 2. The molecule has 0 heterocycles. The number of nitrogens with one attached hydrogen (secondary N) is 1. The third-order valence-electron chi connectivity index (χ3n) is 3.14. The number of nitrogens with zero attached hydrogens (tertiary/aromatic N) is 1. The highest BCUT2D eigenvalue weighted by Crippen LogP contribution is 2.29. The smallest absolute Gasteiger partial charge is 0.244 e. The lowest BCUT2D eigenvalue weighted by Crippen LogP contribution is -2.38. The summed E-state index contributed by atoms with van der Waals surface area (Å²) in [5, 5.41) is 3.23. The molecule has 5 nitrogen and oxygen atoms in total. The summed E-state index contributed by atoms with van der Waals surface area (Å²) < 4.78 is 5.16. The average Bonchev–Trinajstić information content (AvgIpc) is 3.20. The number of benzene rings is 1. The molecule has 108 valence electrons. The summed E-state index contributed by atoms with van der Waals surface area (Å²) in [5.41, 5.74) is 0.504. The van der Waals surface area contributed by atoms with Gasteiger partial charge in [0, 0.05) is 18.0 Å². The Labute approximate surface area is 122 Å². The van der Waals surface area contributed by atoms with E-state index in [0.717, 1.165) is 12.8 Å². The number of hydrogen-bond acceptors (Lipinski definition) is 3. The summed E-state index contributed by atoms with van der Waals surface area (Å²) in [6.45, 7) is 1.53. The van der Waals surface area contributed by atoms with Crippen LogP contribution in [0, 0.1) is 0 Å². The van der Waals surface area contributed by atoms with Gasteiger partial charge in [0.05, 0.1) is 12.8 Å². The normalized spacial score (nSPS) is 13.8. The lowest BCUT2D eigenvalue weighted by Gasteiger charge is -2.20. The Balaban J connectivity index is 2.03. The van der Waals surface area contributed by atoms with E-state index in [2.05, 4.69) is 5.32 Å². The highest BCUT2D eigenvalue weighted by molar-refractivity contribution is 6.31. The first kappa shape index (κ1) is 14.7. The first-order valence-corrected chi connectivity index (χ1v) is 6.79. The Morgan fingerprint density at radius 2 is 2.15 bits per heavy atom. The van der Waals surface area contributed by atoms with Gasteiger partial charge in [0.2, 0.25) is 11.8 Å². The Hall–Kier alpha value is -1.75. The summed E-state index contributed by atoms with van der Waals surface area (Å²) in [6.07, 6.45) is 1.93. The molecule has 0 atom stereocenters. The van der Waals surface area contributed by atoms with Gasteiger partial charge in [0.25, 0.3) is 0 Å². The van der Waals surface area contributed by atoms with Gasteiger partial charge in [0.15, 0.2) is 0 Å². The molecule has 20 heavy (non-hydrogen) atoms. The SMILES string of the molecule is COc1ccc(Cl)cc1NC(=O)CN(C(C)=O)C1CC1. The van der Waals surface area contributed by atoms with Crippen LogP contribution in [0.3, 0.4) is 0 Å². The van der Waals surface area contributed by atoms with E-state index in [9.17, 15) is 9.59 Å². The lowest BCUT2D eigenvalue weighted by molar-refractivity contribution is -0.133.